The number of rotatable bonds is 6. The minimum Gasteiger partial charge on any atom is -0.384 e. The van der Waals surface area contributed by atoms with E-state index in [1.54, 1.807) is 30.3 Å². The topological polar surface area (TPSA) is 69.1 Å². The molecule has 3 aromatic rings. The van der Waals surface area contributed by atoms with Crippen LogP contribution in [0.1, 0.15) is 40.3 Å². The lowest BCUT2D eigenvalue weighted by atomic mass is 9.92. The van der Waals surface area contributed by atoms with Gasteiger partial charge in [-0.3, -0.25) is 14.7 Å². The molecule has 7 nitrogen and oxygen atoms in total. The maximum absolute atomic E-state index is 13.2. The molecule has 2 aliphatic rings. The first-order chi connectivity index (χ1) is 18.2. The van der Waals surface area contributed by atoms with Crippen molar-refractivity contribution in [3.8, 4) is 0 Å². The van der Waals surface area contributed by atoms with Crippen LogP contribution in [0.5, 0.6) is 0 Å². The third-order valence-corrected chi connectivity index (χ3v) is 7.40. The fourth-order valence-electron chi connectivity index (χ4n) is 4.75. The van der Waals surface area contributed by atoms with Gasteiger partial charge in [-0.1, -0.05) is 53.5 Å². The molecule has 2 aromatic carbocycles. The van der Waals surface area contributed by atoms with E-state index < -0.39 is 11.8 Å². The molecule has 2 atom stereocenters. The Labute approximate surface area is 234 Å². The van der Waals surface area contributed by atoms with E-state index >= 15 is 0 Å². The number of likely N-dealkylation sites (N-methyl/N-ethyl adjacent to an activating group) is 1. The first-order valence-electron chi connectivity index (χ1n) is 12.6. The molecule has 0 saturated carbocycles. The van der Waals surface area contributed by atoms with E-state index in [0.717, 1.165) is 48.0 Å². The summed E-state index contributed by atoms with van der Waals surface area (Å²) in [6.45, 7) is 6.48. The van der Waals surface area contributed by atoms with Gasteiger partial charge in [-0.2, -0.15) is 0 Å². The fourth-order valence-corrected chi connectivity index (χ4v) is 5.01. The molecular formula is C29H34Cl2N4O3. The number of amides is 1. The van der Waals surface area contributed by atoms with Crippen LogP contribution >= 0.6 is 23.2 Å². The van der Waals surface area contributed by atoms with Gasteiger partial charge in [0.2, 0.25) is 0 Å². The first-order valence-corrected chi connectivity index (χ1v) is 13.4. The van der Waals surface area contributed by atoms with Crippen molar-refractivity contribution in [1.29, 1.82) is 0 Å². The predicted molar refractivity (Wildman–Crippen MR) is 150 cm³/mol. The van der Waals surface area contributed by atoms with Crippen LogP contribution in [0.2, 0.25) is 10.0 Å². The summed E-state index contributed by atoms with van der Waals surface area (Å²) >= 11 is 11.5. The number of carbonyl (C=O) groups is 1. The Kier molecular flexibility index (Phi) is 9.41. The number of aliphatic hydroxyl groups is 1. The second kappa shape index (κ2) is 12.6. The monoisotopic (exact) mass is 556 g/mol. The molecule has 9 heteroatoms. The van der Waals surface area contributed by atoms with E-state index in [9.17, 15) is 9.90 Å². The molecular weight excluding hydrogens is 523 g/mol. The highest BCUT2D eigenvalue weighted by Gasteiger charge is 2.39. The Morgan fingerprint density at radius 2 is 1.74 bits per heavy atom. The summed E-state index contributed by atoms with van der Waals surface area (Å²) in [5.41, 5.74) is 1.78. The van der Waals surface area contributed by atoms with Gasteiger partial charge in [-0.15, -0.1) is 0 Å². The van der Waals surface area contributed by atoms with E-state index in [-0.39, 0.29) is 5.91 Å². The molecule has 5 rings (SSSR count). The smallest absolute Gasteiger partial charge is 0.256 e. The van der Waals surface area contributed by atoms with Crippen molar-refractivity contribution in [2.45, 2.75) is 25.3 Å². The lowest BCUT2D eigenvalue weighted by Gasteiger charge is -2.37. The summed E-state index contributed by atoms with van der Waals surface area (Å²) in [6, 6.07) is 18.6. The van der Waals surface area contributed by atoms with Crippen molar-refractivity contribution >= 4 is 29.1 Å². The second-order valence-corrected chi connectivity index (χ2v) is 10.8. The normalized spacial score (nSPS) is 19.5. The van der Waals surface area contributed by atoms with Crippen LogP contribution in [-0.4, -0.2) is 77.6 Å². The molecule has 3 heterocycles. The maximum atomic E-state index is 13.2. The molecule has 1 aromatic heterocycles. The minimum absolute atomic E-state index is 0.129. The van der Waals surface area contributed by atoms with Crippen molar-refractivity contribution in [3.63, 3.8) is 0 Å². The molecule has 2 unspecified atom stereocenters. The molecule has 0 radical (unpaired) electrons. The lowest BCUT2D eigenvalue weighted by Crippen LogP contribution is -2.49. The van der Waals surface area contributed by atoms with Gasteiger partial charge in [0.25, 0.3) is 5.91 Å². The van der Waals surface area contributed by atoms with E-state index in [4.69, 9.17) is 27.9 Å². The van der Waals surface area contributed by atoms with Crippen LogP contribution in [0.3, 0.4) is 0 Å². The number of aromatic nitrogens is 1. The minimum atomic E-state index is -1.06. The van der Waals surface area contributed by atoms with Gasteiger partial charge in [0, 0.05) is 62.2 Å². The Morgan fingerprint density at radius 1 is 1.03 bits per heavy atom. The predicted octanol–water partition coefficient (Wildman–Crippen LogP) is 4.83. The van der Waals surface area contributed by atoms with Gasteiger partial charge >= 0.3 is 0 Å². The number of halogens is 2. The third kappa shape index (κ3) is 6.91. The molecule has 1 N–H and O–H groups in total. The zero-order valence-electron chi connectivity index (χ0n) is 22.0. The molecule has 1 amide bonds. The van der Waals surface area contributed by atoms with Gasteiger partial charge in [-0.25, -0.2) is 0 Å². The highest BCUT2D eigenvalue weighted by atomic mass is 35.5. The number of fused-ring (bicyclic) bond motifs is 1. The van der Waals surface area contributed by atoms with Crippen LogP contribution in [0, 0.1) is 0 Å². The zero-order chi connectivity index (χ0) is 27.3. The number of pyridine rings is 1. The van der Waals surface area contributed by atoms with E-state index in [1.165, 1.54) is 0 Å². The molecule has 2 aliphatic heterocycles. The lowest BCUT2D eigenvalue weighted by molar-refractivity contribution is -0.0167. The standard InChI is InChI=1S/C23H29ClN4O3.C6H5Cl/c1-23(30,15-27-10-8-26(2)9-11-27)16-4-7-19-20(12-16)21(29)28(22(19)31-3)14-18-6-5-17(24)13-25-18;7-6-4-2-1-3-5-6/h4-7,12-13,22,30H,8-11,14-15H2,1-3H3;1-5H. The van der Waals surface area contributed by atoms with E-state index in [2.05, 4.69) is 21.8 Å². The largest absolute Gasteiger partial charge is 0.384 e. The Hall–Kier alpha value is -2.52. The number of carbonyl (C=O) groups excluding carboxylic acids is 1. The van der Waals surface area contributed by atoms with Crippen LogP contribution in [-0.2, 0) is 16.9 Å². The maximum Gasteiger partial charge on any atom is 0.256 e. The highest BCUT2D eigenvalue weighted by molar-refractivity contribution is 6.30. The first kappa shape index (κ1) is 28.5. The van der Waals surface area contributed by atoms with Crippen molar-refractivity contribution in [2.24, 2.45) is 0 Å². The molecule has 1 fully saturated rings. The summed E-state index contributed by atoms with van der Waals surface area (Å²) in [4.78, 5) is 23.7. The average molecular weight is 558 g/mol. The number of benzene rings is 2. The fraction of sp³-hybridized carbons (Fsp3) is 0.379. The van der Waals surface area contributed by atoms with Crippen molar-refractivity contribution < 1.29 is 14.6 Å². The second-order valence-electron chi connectivity index (χ2n) is 9.94. The number of hydrogen-bond acceptors (Lipinski definition) is 6. The van der Waals surface area contributed by atoms with Crippen molar-refractivity contribution in [2.75, 3.05) is 46.9 Å². The third-order valence-electron chi connectivity index (χ3n) is 6.92. The number of methoxy groups -OCH3 is 1. The molecule has 0 spiro atoms. The Balaban J connectivity index is 0.000000417. The van der Waals surface area contributed by atoms with Gasteiger partial charge in [0.1, 0.15) is 0 Å². The SMILES string of the molecule is COC1c2ccc(C(C)(O)CN3CCN(C)CC3)cc2C(=O)N1Cc1ccc(Cl)cn1.Clc1ccccc1. The summed E-state index contributed by atoms with van der Waals surface area (Å²) in [6.07, 6.45) is 1.08. The van der Waals surface area contributed by atoms with Gasteiger partial charge < -0.3 is 19.6 Å². The zero-order valence-corrected chi connectivity index (χ0v) is 23.5. The van der Waals surface area contributed by atoms with Crippen LogP contribution in [0.15, 0.2) is 66.9 Å². The quantitative estimate of drug-likeness (QED) is 0.469. The number of β-amino-alcohol motifs (C(OH)–C–C–N with tert-alkyl or cyclic N) is 1. The van der Waals surface area contributed by atoms with Gasteiger partial charge in [-0.05, 0) is 49.9 Å². The van der Waals surface area contributed by atoms with E-state index in [1.807, 2.05) is 55.5 Å². The molecule has 1 saturated heterocycles. The van der Waals surface area contributed by atoms with Gasteiger partial charge in [0.05, 0.1) is 22.9 Å². The number of ether oxygens (including phenoxy) is 1. The van der Waals surface area contributed by atoms with Crippen LogP contribution in [0.4, 0.5) is 0 Å². The number of nitrogens with zero attached hydrogens (tertiary/aromatic N) is 4. The van der Waals surface area contributed by atoms with Gasteiger partial charge in [0.15, 0.2) is 6.23 Å². The van der Waals surface area contributed by atoms with Crippen molar-refractivity contribution in [1.82, 2.24) is 19.7 Å². The molecule has 0 bridgehead atoms. The average Bonchev–Trinajstić information content (AvgIpc) is 3.17. The van der Waals surface area contributed by atoms with Crippen molar-refractivity contribution in [3.05, 3.63) is 99.3 Å². The highest BCUT2D eigenvalue weighted by Crippen LogP contribution is 2.37. The molecule has 202 valence electrons. The molecule has 38 heavy (non-hydrogen) atoms. The summed E-state index contributed by atoms with van der Waals surface area (Å²) in [7, 11) is 3.70. The summed E-state index contributed by atoms with van der Waals surface area (Å²) in [5, 5.41) is 12.6. The Bertz CT molecular complexity index is 1220. The van der Waals surface area contributed by atoms with Crippen LogP contribution < -0.4 is 0 Å². The molecule has 0 aliphatic carbocycles. The number of hydrogen-bond donors (Lipinski definition) is 1. The summed E-state index contributed by atoms with van der Waals surface area (Å²) < 4.78 is 5.65. The summed E-state index contributed by atoms with van der Waals surface area (Å²) in [5.74, 6) is -0.129. The Morgan fingerprint density at radius 3 is 2.32 bits per heavy atom. The van der Waals surface area contributed by atoms with E-state index in [0.29, 0.717) is 23.7 Å². The van der Waals surface area contributed by atoms with Crippen LogP contribution in [0.25, 0.3) is 0 Å². The number of piperazine rings is 1.